The number of carbonyl (C=O) groups is 3. The molecule has 3 amide bonds. The maximum Gasteiger partial charge on any atom is 0.222 e. The molecule has 6 heteroatoms. The van der Waals surface area contributed by atoms with Crippen molar-refractivity contribution in [1.82, 2.24) is 14.7 Å². The Kier molecular flexibility index (Phi) is 3.89. The van der Waals surface area contributed by atoms with Crippen LogP contribution in [0.1, 0.15) is 40.0 Å². The van der Waals surface area contributed by atoms with Crippen LogP contribution in [-0.4, -0.2) is 71.7 Å². The van der Waals surface area contributed by atoms with E-state index in [0.717, 1.165) is 0 Å². The maximum absolute atomic E-state index is 12.2. The Hall–Kier alpha value is -1.59. The van der Waals surface area contributed by atoms with Crippen LogP contribution in [0.5, 0.6) is 0 Å². The van der Waals surface area contributed by atoms with Crippen LogP contribution in [0.15, 0.2) is 0 Å². The first-order chi connectivity index (χ1) is 10.9. The predicted octanol–water partition coefficient (Wildman–Crippen LogP) is 0.716. The Morgan fingerprint density at radius 1 is 0.609 bits per heavy atom. The van der Waals surface area contributed by atoms with E-state index >= 15 is 0 Å². The van der Waals surface area contributed by atoms with Crippen LogP contribution >= 0.6 is 0 Å². The maximum atomic E-state index is 12.2. The SMILES string of the molecule is CCC(=O)N1CC23CN(C(=O)CC)CC2(C1)CN(C(=O)CC)C3. The summed E-state index contributed by atoms with van der Waals surface area (Å²) < 4.78 is 0. The van der Waals surface area contributed by atoms with Crippen LogP contribution in [0.4, 0.5) is 0 Å². The summed E-state index contributed by atoms with van der Waals surface area (Å²) in [5, 5.41) is 0. The van der Waals surface area contributed by atoms with E-state index in [1.807, 2.05) is 35.5 Å². The first-order valence-corrected chi connectivity index (χ1v) is 8.73. The van der Waals surface area contributed by atoms with Crippen molar-refractivity contribution in [3.63, 3.8) is 0 Å². The summed E-state index contributed by atoms with van der Waals surface area (Å²) in [4.78, 5) is 42.4. The molecule has 0 spiro atoms. The normalized spacial score (nSPS) is 32.2. The zero-order chi connectivity index (χ0) is 16.8. The highest BCUT2D eigenvalue weighted by molar-refractivity contribution is 5.80. The topological polar surface area (TPSA) is 60.9 Å². The van der Waals surface area contributed by atoms with Gasteiger partial charge in [-0.1, -0.05) is 20.8 Å². The Balaban J connectivity index is 1.88. The molecule has 0 aromatic heterocycles. The van der Waals surface area contributed by atoms with Gasteiger partial charge in [-0.05, 0) is 0 Å². The first kappa shape index (κ1) is 16.3. The van der Waals surface area contributed by atoms with Crippen molar-refractivity contribution in [2.45, 2.75) is 40.0 Å². The molecule has 0 saturated carbocycles. The van der Waals surface area contributed by atoms with E-state index in [1.165, 1.54) is 0 Å². The van der Waals surface area contributed by atoms with Gasteiger partial charge in [0.1, 0.15) is 0 Å². The summed E-state index contributed by atoms with van der Waals surface area (Å²) in [6, 6.07) is 0. The van der Waals surface area contributed by atoms with Crippen molar-refractivity contribution in [2.24, 2.45) is 10.8 Å². The van der Waals surface area contributed by atoms with Gasteiger partial charge in [0.05, 0.1) is 0 Å². The lowest BCUT2D eigenvalue weighted by Gasteiger charge is -2.30. The highest BCUT2D eigenvalue weighted by Crippen LogP contribution is 2.57. The van der Waals surface area contributed by atoms with Crippen molar-refractivity contribution in [1.29, 1.82) is 0 Å². The van der Waals surface area contributed by atoms with Crippen molar-refractivity contribution in [2.75, 3.05) is 39.3 Å². The number of rotatable bonds is 3. The zero-order valence-corrected chi connectivity index (χ0v) is 14.4. The molecule has 3 saturated heterocycles. The molecule has 3 heterocycles. The lowest BCUT2D eigenvalue weighted by molar-refractivity contribution is -0.133. The standard InChI is InChI=1S/C17H27N3O3/c1-4-13(21)18-7-16-9-19(14(22)5-2)10-17(16,8-18)12-20(11-16)15(23)6-3/h4-12H2,1-3H3. The smallest absolute Gasteiger partial charge is 0.222 e. The molecule has 3 aliphatic heterocycles. The van der Waals surface area contributed by atoms with E-state index in [1.54, 1.807) is 0 Å². The number of amides is 3. The van der Waals surface area contributed by atoms with Crippen molar-refractivity contribution in [3.05, 3.63) is 0 Å². The average Bonchev–Trinajstić information content (AvgIpc) is 3.09. The summed E-state index contributed by atoms with van der Waals surface area (Å²) >= 11 is 0. The van der Waals surface area contributed by atoms with Gasteiger partial charge in [-0.2, -0.15) is 0 Å². The predicted molar refractivity (Wildman–Crippen MR) is 85.5 cm³/mol. The van der Waals surface area contributed by atoms with Gasteiger partial charge in [0.2, 0.25) is 17.7 Å². The van der Waals surface area contributed by atoms with E-state index in [-0.39, 0.29) is 28.6 Å². The second-order valence-corrected chi connectivity index (χ2v) is 7.37. The van der Waals surface area contributed by atoms with Gasteiger partial charge < -0.3 is 14.7 Å². The van der Waals surface area contributed by atoms with Crippen LogP contribution in [0, 0.1) is 10.8 Å². The zero-order valence-electron chi connectivity index (χ0n) is 14.4. The van der Waals surface area contributed by atoms with E-state index in [2.05, 4.69) is 0 Å². The quantitative estimate of drug-likeness (QED) is 0.769. The van der Waals surface area contributed by atoms with E-state index in [0.29, 0.717) is 58.5 Å². The third-order valence-corrected chi connectivity index (χ3v) is 6.05. The molecule has 0 aromatic carbocycles. The van der Waals surface area contributed by atoms with Crippen molar-refractivity contribution in [3.8, 4) is 0 Å². The van der Waals surface area contributed by atoms with Crippen LogP contribution in [0.25, 0.3) is 0 Å². The molecule has 0 radical (unpaired) electrons. The van der Waals surface area contributed by atoms with Gasteiger partial charge in [0.25, 0.3) is 0 Å². The Morgan fingerprint density at radius 2 is 0.826 bits per heavy atom. The summed E-state index contributed by atoms with van der Waals surface area (Å²) in [7, 11) is 0. The second kappa shape index (κ2) is 5.49. The summed E-state index contributed by atoms with van der Waals surface area (Å²) in [5.41, 5.74) is -0.263. The van der Waals surface area contributed by atoms with Gasteiger partial charge in [0.15, 0.2) is 0 Å². The van der Waals surface area contributed by atoms with E-state index in [9.17, 15) is 14.4 Å². The molecule has 3 rings (SSSR count). The van der Waals surface area contributed by atoms with Crippen LogP contribution in [0.2, 0.25) is 0 Å². The number of nitrogens with zero attached hydrogens (tertiary/aromatic N) is 3. The minimum Gasteiger partial charge on any atom is -0.341 e. The highest BCUT2D eigenvalue weighted by Gasteiger charge is 2.68. The minimum absolute atomic E-state index is 0.131. The van der Waals surface area contributed by atoms with Crippen molar-refractivity contribution >= 4 is 17.7 Å². The number of hydrogen-bond donors (Lipinski definition) is 0. The minimum atomic E-state index is -0.131. The molecule has 0 aromatic rings. The molecule has 0 unspecified atom stereocenters. The number of hydrogen-bond acceptors (Lipinski definition) is 3. The highest BCUT2D eigenvalue weighted by atomic mass is 16.2. The Labute approximate surface area is 137 Å². The third-order valence-electron chi connectivity index (χ3n) is 6.05. The van der Waals surface area contributed by atoms with Gasteiger partial charge in [0, 0.05) is 69.4 Å². The van der Waals surface area contributed by atoms with E-state index in [4.69, 9.17) is 0 Å². The molecule has 0 bridgehead atoms. The molecule has 3 aliphatic rings. The van der Waals surface area contributed by atoms with Gasteiger partial charge in [-0.15, -0.1) is 0 Å². The van der Waals surface area contributed by atoms with Gasteiger partial charge >= 0.3 is 0 Å². The summed E-state index contributed by atoms with van der Waals surface area (Å²) in [6.45, 7) is 9.76. The molecular weight excluding hydrogens is 294 g/mol. The van der Waals surface area contributed by atoms with E-state index < -0.39 is 0 Å². The fraction of sp³-hybridized carbons (Fsp3) is 0.824. The fourth-order valence-electron chi connectivity index (χ4n) is 4.87. The molecule has 0 atom stereocenters. The van der Waals surface area contributed by atoms with Gasteiger partial charge in [-0.25, -0.2) is 0 Å². The molecular formula is C17H27N3O3. The second-order valence-electron chi connectivity index (χ2n) is 7.37. The first-order valence-electron chi connectivity index (χ1n) is 8.73. The fourth-order valence-corrected chi connectivity index (χ4v) is 4.87. The van der Waals surface area contributed by atoms with Crippen LogP contribution < -0.4 is 0 Å². The van der Waals surface area contributed by atoms with Crippen molar-refractivity contribution < 1.29 is 14.4 Å². The molecule has 6 nitrogen and oxygen atoms in total. The summed E-state index contributed by atoms with van der Waals surface area (Å²) in [5.74, 6) is 0.547. The molecule has 0 N–H and O–H groups in total. The molecule has 0 aliphatic carbocycles. The monoisotopic (exact) mass is 321 g/mol. The van der Waals surface area contributed by atoms with Crippen LogP contribution in [0.3, 0.4) is 0 Å². The van der Waals surface area contributed by atoms with Crippen LogP contribution in [-0.2, 0) is 14.4 Å². The lowest BCUT2D eigenvalue weighted by atomic mass is 9.71. The summed E-state index contributed by atoms with van der Waals surface area (Å²) in [6.07, 6.45) is 1.55. The average molecular weight is 321 g/mol. The third kappa shape index (κ3) is 2.25. The molecule has 23 heavy (non-hydrogen) atoms. The Bertz CT molecular complexity index is 449. The lowest BCUT2D eigenvalue weighted by Crippen LogP contribution is -2.44. The molecule has 128 valence electrons. The number of likely N-dealkylation sites (tertiary alicyclic amines) is 3. The Morgan fingerprint density at radius 3 is 1.00 bits per heavy atom. The van der Waals surface area contributed by atoms with Gasteiger partial charge in [-0.3, -0.25) is 14.4 Å². The number of carbonyl (C=O) groups excluding carboxylic acids is 3. The molecule has 3 fully saturated rings. The largest absolute Gasteiger partial charge is 0.341 e.